The number of rotatable bonds is 7. The van der Waals surface area contributed by atoms with Crippen LogP contribution in [0.2, 0.25) is 5.02 Å². The molecule has 0 aliphatic rings. The third-order valence-corrected chi connectivity index (χ3v) is 4.14. The monoisotopic (exact) mass is 396 g/mol. The first kappa shape index (κ1) is 22.1. The summed E-state index contributed by atoms with van der Waals surface area (Å²) in [5.41, 5.74) is 2.44. The summed E-state index contributed by atoms with van der Waals surface area (Å²) in [5, 5.41) is 4.28. The summed E-state index contributed by atoms with van der Waals surface area (Å²) in [6.07, 6.45) is 4.94. The van der Waals surface area contributed by atoms with E-state index in [0.717, 1.165) is 11.3 Å². The first-order valence-electron chi connectivity index (χ1n) is 8.05. The Morgan fingerprint density at radius 1 is 1.42 bits per heavy atom. The fourth-order valence-electron chi connectivity index (χ4n) is 1.87. The molecule has 0 saturated carbocycles. The predicted molar refractivity (Wildman–Crippen MR) is 112 cm³/mol. The van der Waals surface area contributed by atoms with Crippen molar-refractivity contribution in [3.05, 3.63) is 40.6 Å². The van der Waals surface area contributed by atoms with Crippen molar-refractivity contribution in [1.82, 2.24) is 5.32 Å². The lowest BCUT2D eigenvalue weighted by molar-refractivity contribution is -0.138. The van der Waals surface area contributed by atoms with Gasteiger partial charge in [0.15, 0.2) is 5.17 Å². The van der Waals surface area contributed by atoms with Crippen LogP contribution in [0.5, 0.6) is 0 Å². The highest BCUT2D eigenvalue weighted by molar-refractivity contribution is 8.13. The van der Waals surface area contributed by atoms with Gasteiger partial charge in [0.2, 0.25) is 0 Å². The Hall–Kier alpha value is -1.99. The average Bonchev–Trinajstić information content (AvgIpc) is 2.60. The van der Waals surface area contributed by atoms with Crippen molar-refractivity contribution in [3.8, 4) is 0 Å². The topological polar surface area (TPSA) is 66.3 Å². The van der Waals surface area contributed by atoms with E-state index in [9.17, 15) is 4.79 Å². The van der Waals surface area contributed by atoms with E-state index in [-0.39, 0.29) is 5.97 Å². The van der Waals surface area contributed by atoms with E-state index in [1.54, 1.807) is 20.0 Å². The van der Waals surface area contributed by atoms with Crippen molar-refractivity contribution >= 4 is 46.5 Å². The molecule has 0 aliphatic carbocycles. The summed E-state index contributed by atoms with van der Waals surface area (Å²) in [5.74, 6) is -0.354. The van der Waals surface area contributed by atoms with Crippen molar-refractivity contribution in [3.63, 3.8) is 0 Å². The van der Waals surface area contributed by atoms with Crippen LogP contribution in [0, 0.1) is 0 Å². The van der Waals surface area contributed by atoms with E-state index >= 15 is 0 Å². The van der Waals surface area contributed by atoms with E-state index in [1.165, 1.54) is 18.1 Å². The number of esters is 1. The van der Waals surface area contributed by atoms with Gasteiger partial charge in [0, 0.05) is 20.3 Å². The van der Waals surface area contributed by atoms with Crippen LogP contribution in [0.4, 0.5) is 5.69 Å². The number of anilines is 1. The molecule has 0 spiro atoms. The van der Waals surface area contributed by atoms with Crippen LogP contribution < -0.4 is 10.2 Å². The molecule has 1 aromatic carbocycles. The van der Waals surface area contributed by atoms with Gasteiger partial charge < -0.3 is 15.0 Å². The zero-order chi connectivity index (χ0) is 19.5. The molecule has 8 heteroatoms. The molecule has 0 fully saturated rings. The van der Waals surface area contributed by atoms with Gasteiger partial charge in [-0.05, 0) is 37.8 Å². The predicted octanol–water partition coefficient (Wildman–Crippen LogP) is 3.71. The maximum atomic E-state index is 11.5. The van der Waals surface area contributed by atoms with Crippen molar-refractivity contribution in [2.24, 2.45) is 9.98 Å². The summed E-state index contributed by atoms with van der Waals surface area (Å²) in [4.78, 5) is 22.0. The molecule has 1 N–H and O–H groups in total. The number of ether oxygens (including phenoxy) is 1. The number of aliphatic imine (C=N–C) groups is 2. The first-order valence-corrected chi connectivity index (χ1v) is 9.65. The smallest absolute Gasteiger partial charge is 0.335 e. The summed E-state index contributed by atoms with van der Waals surface area (Å²) < 4.78 is 4.92. The minimum absolute atomic E-state index is 0.347. The summed E-state index contributed by atoms with van der Waals surface area (Å²) in [7, 11) is 3.89. The van der Waals surface area contributed by atoms with E-state index in [1.807, 2.05) is 43.5 Å². The third-order valence-electron chi connectivity index (χ3n) is 3.23. The molecular formula is C18H25ClN4O2S. The Morgan fingerprint density at radius 3 is 2.73 bits per heavy atom. The van der Waals surface area contributed by atoms with Gasteiger partial charge in [-0.25, -0.2) is 9.79 Å². The van der Waals surface area contributed by atoms with Gasteiger partial charge in [0.1, 0.15) is 6.34 Å². The summed E-state index contributed by atoms with van der Waals surface area (Å²) in [6, 6.07) is 5.85. The van der Waals surface area contributed by atoms with Crippen LogP contribution in [0.1, 0.15) is 19.4 Å². The number of carbonyl (C=O) groups is 1. The fraction of sp³-hybridized carbons (Fsp3) is 0.389. The van der Waals surface area contributed by atoms with Crippen LogP contribution >= 0.6 is 23.4 Å². The first-order chi connectivity index (χ1) is 12.4. The Bertz CT molecular complexity index is 702. The lowest BCUT2D eigenvalue weighted by Gasteiger charge is -2.14. The van der Waals surface area contributed by atoms with Gasteiger partial charge in [0.25, 0.3) is 0 Å². The zero-order valence-electron chi connectivity index (χ0n) is 15.7. The van der Waals surface area contributed by atoms with Crippen LogP contribution in [0.25, 0.3) is 0 Å². The highest BCUT2D eigenvalue weighted by Gasteiger charge is 2.04. The van der Waals surface area contributed by atoms with Gasteiger partial charge in [-0.1, -0.05) is 29.4 Å². The summed E-state index contributed by atoms with van der Waals surface area (Å²) >= 11 is 7.67. The number of carbonyl (C=O) groups excluding carboxylic acids is 1. The van der Waals surface area contributed by atoms with Gasteiger partial charge >= 0.3 is 5.97 Å². The molecule has 142 valence electrons. The number of nitrogens with zero attached hydrogens (tertiary/aromatic N) is 3. The molecule has 0 aromatic heterocycles. The second-order valence-electron chi connectivity index (χ2n) is 5.47. The average molecular weight is 397 g/mol. The Labute approximate surface area is 164 Å². The van der Waals surface area contributed by atoms with Crippen molar-refractivity contribution in [1.29, 1.82) is 0 Å². The number of hydrogen-bond donors (Lipinski definition) is 1. The molecular weight excluding hydrogens is 372 g/mol. The quantitative estimate of drug-likeness (QED) is 0.329. The van der Waals surface area contributed by atoms with Crippen LogP contribution in [-0.4, -0.2) is 44.4 Å². The molecule has 0 heterocycles. The lowest BCUT2D eigenvalue weighted by Crippen LogP contribution is -2.16. The number of hydrogen-bond acceptors (Lipinski definition) is 5. The van der Waals surface area contributed by atoms with Gasteiger partial charge in [-0.15, -0.1) is 0 Å². The van der Waals surface area contributed by atoms with Gasteiger partial charge in [-0.2, -0.15) is 0 Å². The zero-order valence-corrected chi connectivity index (χ0v) is 17.3. The number of thioether (sulfide) groups is 1. The molecule has 0 unspecified atom stereocenters. The van der Waals surface area contributed by atoms with Crippen molar-refractivity contribution < 1.29 is 9.53 Å². The molecule has 0 bridgehead atoms. The Kier molecular flexibility index (Phi) is 9.83. The molecule has 0 aliphatic heterocycles. The number of halogens is 1. The highest BCUT2D eigenvalue weighted by Crippen LogP contribution is 2.25. The van der Waals surface area contributed by atoms with Crippen molar-refractivity contribution in [2.45, 2.75) is 20.4 Å². The molecule has 6 nitrogen and oxygen atoms in total. The fourth-order valence-corrected chi connectivity index (χ4v) is 2.58. The van der Waals surface area contributed by atoms with Crippen LogP contribution in [-0.2, 0) is 16.1 Å². The molecule has 0 atom stereocenters. The molecule has 26 heavy (non-hydrogen) atoms. The van der Waals surface area contributed by atoms with E-state index in [0.29, 0.717) is 28.9 Å². The van der Waals surface area contributed by atoms with E-state index < -0.39 is 0 Å². The van der Waals surface area contributed by atoms with Gasteiger partial charge in [-0.3, -0.25) is 4.99 Å². The Balaban J connectivity index is 2.65. The molecule has 0 amide bonds. The number of benzene rings is 1. The number of nitrogens with one attached hydrogen (secondary N) is 1. The second-order valence-corrected chi connectivity index (χ2v) is 6.67. The third kappa shape index (κ3) is 7.49. The lowest BCUT2D eigenvalue weighted by atomic mass is 10.2. The minimum atomic E-state index is -0.354. The largest absolute Gasteiger partial charge is 0.463 e. The second kappa shape index (κ2) is 11.6. The van der Waals surface area contributed by atoms with E-state index in [2.05, 4.69) is 15.3 Å². The SMILES string of the molecule is CCOC(=O)/C(C)=C/NC(=NC=NCc1ccc(N(C)C)c(Cl)c1)SC. The molecule has 0 radical (unpaired) electrons. The summed E-state index contributed by atoms with van der Waals surface area (Å²) in [6.45, 7) is 4.28. The van der Waals surface area contributed by atoms with Crippen LogP contribution in [0.15, 0.2) is 40.0 Å². The highest BCUT2D eigenvalue weighted by atomic mass is 35.5. The van der Waals surface area contributed by atoms with E-state index in [4.69, 9.17) is 16.3 Å². The maximum Gasteiger partial charge on any atom is 0.335 e. The standard InChI is InChI=1S/C18H25ClN4O2S/c1-6-25-17(24)13(2)10-21-18(26-5)22-12-20-11-14-7-8-16(23(3)4)15(19)9-14/h7-10,12H,6,11H2,1-5H3,(H,20,21,22)/b13-10+. The Morgan fingerprint density at radius 2 is 2.15 bits per heavy atom. The maximum absolute atomic E-state index is 11.5. The normalized spacial score (nSPS) is 12.4. The van der Waals surface area contributed by atoms with Gasteiger partial charge in [0.05, 0.1) is 29.4 Å². The van der Waals surface area contributed by atoms with Crippen LogP contribution in [0.3, 0.4) is 0 Å². The molecule has 1 aromatic rings. The van der Waals surface area contributed by atoms with Crippen molar-refractivity contribution in [2.75, 3.05) is 31.9 Å². The molecule has 1 rings (SSSR count). The number of amidine groups is 1. The molecule has 0 saturated heterocycles. The minimum Gasteiger partial charge on any atom is -0.463 e.